The van der Waals surface area contributed by atoms with Gasteiger partial charge in [-0.05, 0) is 60.7 Å². The summed E-state index contributed by atoms with van der Waals surface area (Å²) < 4.78 is 84.6. The highest BCUT2D eigenvalue weighted by Gasteiger charge is 2.41. The average molecular weight is 646 g/mol. The summed E-state index contributed by atoms with van der Waals surface area (Å²) in [6.07, 6.45) is -3.84. The van der Waals surface area contributed by atoms with Gasteiger partial charge in [-0.15, -0.1) is 0 Å². The molecule has 0 saturated carbocycles. The summed E-state index contributed by atoms with van der Waals surface area (Å²) in [5.41, 5.74) is 3.28. The molecule has 0 radical (unpaired) electrons. The van der Waals surface area contributed by atoms with Crippen molar-refractivity contribution in [1.82, 2.24) is 19.5 Å². The molecule has 0 spiro atoms. The van der Waals surface area contributed by atoms with E-state index >= 15 is 0 Å². The summed E-state index contributed by atoms with van der Waals surface area (Å²) in [4.78, 5) is 26.0. The first-order valence-corrected chi connectivity index (χ1v) is 14.4. The minimum atomic E-state index is -5.35. The average Bonchev–Trinajstić information content (AvgIpc) is 3.30. The van der Waals surface area contributed by atoms with Crippen molar-refractivity contribution in [2.45, 2.75) is 6.18 Å². The number of aryl methyl sites for hydroxylation is 1. The van der Waals surface area contributed by atoms with E-state index < -0.39 is 28.2 Å². The van der Waals surface area contributed by atoms with Gasteiger partial charge in [0.25, 0.3) is 0 Å². The predicted octanol–water partition coefficient (Wildman–Crippen LogP) is 5.53. The number of benzene rings is 3. The predicted molar refractivity (Wildman–Crippen MR) is 157 cm³/mol. The maximum atomic E-state index is 13.3. The van der Waals surface area contributed by atoms with Crippen LogP contribution in [0.3, 0.4) is 0 Å². The third-order valence-corrected chi connectivity index (χ3v) is 7.07. The Labute approximate surface area is 253 Å². The van der Waals surface area contributed by atoms with Crippen molar-refractivity contribution < 1.29 is 39.7 Å². The zero-order valence-corrected chi connectivity index (χ0v) is 24.2. The van der Waals surface area contributed by atoms with Gasteiger partial charge in [0.15, 0.2) is 0 Å². The minimum Gasteiger partial charge on any atom is -0.439 e. The van der Waals surface area contributed by atoms with Gasteiger partial charge in [0, 0.05) is 43.4 Å². The summed E-state index contributed by atoms with van der Waals surface area (Å²) >= 11 is 0. The molecule has 0 fully saturated rings. The molecule has 2 heterocycles. The highest BCUT2D eigenvalue weighted by molar-refractivity contribution is 7.86. The first kappa shape index (κ1) is 31.0. The number of alkyl halides is 3. The second-order valence-electron chi connectivity index (χ2n) is 9.44. The lowest BCUT2D eigenvalue weighted by Gasteiger charge is -2.19. The number of nitrogens with one attached hydrogen (secondary N) is 2. The van der Waals surface area contributed by atoms with Crippen molar-refractivity contribution in [1.29, 1.82) is 0 Å². The van der Waals surface area contributed by atoms with Crippen LogP contribution in [0, 0.1) is 5.82 Å². The van der Waals surface area contributed by atoms with Crippen LogP contribution >= 0.6 is 0 Å². The molecule has 45 heavy (non-hydrogen) atoms. The SMILES string of the molecule is CN(c1ccc2c(c1)nc(Nc1ccc(F)cc1)n2C)c1ccnc(Nc2cccc(OS(=O)(=O)COC(=O)C(F)(F)F)c2)n1. The molecule has 0 amide bonds. The Morgan fingerprint density at radius 3 is 2.47 bits per heavy atom. The van der Waals surface area contributed by atoms with Crippen LogP contribution in [0.2, 0.25) is 0 Å². The Balaban J connectivity index is 1.28. The second kappa shape index (κ2) is 12.3. The van der Waals surface area contributed by atoms with Crippen LogP contribution in [0.5, 0.6) is 5.75 Å². The summed E-state index contributed by atoms with van der Waals surface area (Å²) in [7, 11) is -1.05. The van der Waals surface area contributed by atoms with Gasteiger partial charge in [0.2, 0.25) is 17.8 Å². The summed E-state index contributed by atoms with van der Waals surface area (Å²) in [6.45, 7) is 0. The van der Waals surface area contributed by atoms with Crippen LogP contribution < -0.4 is 19.7 Å². The number of halogens is 4. The molecule has 12 nitrogen and oxygen atoms in total. The first-order valence-electron chi connectivity index (χ1n) is 12.9. The summed E-state index contributed by atoms with van der Waals surface area (Å²) in [5.74, 6) is -3.69. The van der Waals surface area contributed by atoms with Gasteiger partial charge in [0.05, 0.1) is 11.0 Å². The van der Waals surface area contributed by atoms with E-state index in [2.05, 4.69) is 30.3 Å². The Bertz CT molecular complexity index is 1970. The standard InChI is InChI=1S/C28H23F4N7O5S/c1-38(20-10-11-23-22(15-20)36-27(39(23)2)35-18-8-6-17(29)7-9-18)24-12-13-33-26(37-24)34-19-4-3-5-21(14-19)44-45(41,42)16-43-25(40)28(30,31)32/h3-15H,16H2,1-2H3,(H,35,36)(H,33,34,37). The molecule has 0 bridgehead atoms. The number of fused-ring (bicyclic) bond motifs is 1. The number of anilines is 6. The van der Waals surface area contributed by atoms with Gasteiger partial charge in [-0.2, -0.15) is 26.6 Å². The van der Waals surface area contributed by atoms with Gasteiger partial charge in [0.1, 0.15) is 17.4 Å². The summed E-state index contributed by atoms with van der Waals surface area (Å²) in [6, 6.07) is 18.7. The van der Waals surface area contributed by atoms with Crippen LogP contribution in [0.4, 0.5) is 52.3 Å². The third-order valence-electron chi connectivity index (χ3n) is 6.22. The van der Waals surface area contributed by atoms with Gasteiger partial charge in [-0.1, -0.05) is 6.07 Å². The van der Waals surface area contributed by atoms with Crippen molar-refractivity contribution in [2.24, 2.45) is 7.05 Å². The highest BCUT2D eigenvalue weighted by atomic mass is 32.2. The van der Waals surface area contributed by atoms with E-state index in [0.29, 0.717) is 28.7 Å². The molecule has 0 aliphatic heterocycles. The maximum absolute atomic E-state index is 13.3. The van der Waals surface area contributed by atoms with E-state index in [4.69, 9.17) is 4.18 Å². The maximum Gasteiger partial charge on any atom is 0.490 e. The van der Waals surface area contributed by atoms with Crippen LogP contribution in [-0.2, 0) is 26.7 Å². The topological polar surface area (TPSA) is 141 Å². The van der Waals surface area contributed by atoms with Gasteiger partial charge >= 0.3 is 22.3 Å². The highest BCUT2D eigenvalue weighted by Crippen LogP contribution is 2.29. The second-order valence-corrected chi connectivity index (χ2v) is 11.0. The number of hydrogen-bond donors (Lipinski definition) is 2. The molecule has 0 aliphatic rings. The van der Waals surface area contributed by atoms with Crippen molar-refractivity contribution >= 4 is 61.9 Å². The lowest BCUT2D eigenvalue weighted by molar-refractivity contribution is -0.197. The molecular formula is C28H23F4N7O5S. The normalized spacial score (nSPS) is 11.7. The van der Waals surface area contributed by atoms with Crippen LogP contribution in [-0.4, -0.2) is 53.1 Å². The number of aromatic nitrogens is 4. The van der Waals surface area contributed by atoms with Crippen molar-refractivity contribution in [2.75, 3.05) is 28.5 Å². The van der Waals surface area contributed by atoms with Crippen molar-refractivity contribution in [3.05, 3.63) is 84.8 Å². The van der Waals surface area contributed by atoms with E-state index in [1.807, 2.05) is 29.8 Å². The molecule has 5 aromatic rings. The molecular weight excluding hydrogens is 622 g/mol. The first-order chi connectivity index (χ1) is 21.3. The minimum absolute atomic E-state index is 0.142. The van der Waals surface area contributed by atoms with Crippen LogP contribution in [0.25, 0.3) is 11.0 Å². The number of esters is 1. The van der Waals surface area contributed by atoms with Gasteiger partial charge in [-0.3, -0.25) is 0 Å². The summed E-state index contributed by atoms with van der Waals surface area (Å²) in [5, 5.41) is 6.08. The fraction of sp³-hybridized carbons (Fsp3) is 0.143. The molecule has 3 aromatic carbocycles. The molecule has 17 heteroatoms. The number of ether oxygens (including phenoxy) is 1. The molecule has 2 N–H and O–H groups in total. The fourth-order valence-electron chi connectivity index (χ4n) is 4.03. The Morgan fingerprint density at radius 1 is 0.978 bits per heavy atom. The molecule has 5 rings (SSSR count). The molecule has 2 aromatic heterocycles. The molecule has 0 aliphatic carbocycles. The fourth-order valence-corrected chi connectivity index (χ4v) is 4.73. The quantitative estimate of drug-likeness (QED) is 0.113. The van der Waals surface area contributed by atoms with E-state index in [0.717, 1.165) is 11.2 Å². The Morgan fingerprint density at radius 2 is 1.73 bits per heavy atom. The van der Waals surface area contributed by atoms with E-state index in [1.54, 1.807) is 36.2 Å². The molecule has 0 saturated heterocycles. The van der Waals surface area contributed by atoms with E-state index in [1.165, 1.54) is 36.5 Å². The number of carbonyl (C=O) groups is 1. The van der Waals surface area contributed by atoms with Crippen LogP contribution in [0.15, 0.2) is 79.0 Å². The number of hydrogen-bond acceptors (Lipinski definition) is 11. The molecule has 234 valence electrons. The number of nitrogens with zero attached hydrogens (tertiary/aromatic N) is 5. The smallest absolute Gasteiger partial charge is 0.439 e. The van der Waals surface area contributed by atoms with Crippen LogP contribution in [0.1, 0.15) is 0 Å². The van der Waals surface area contributed by atoms with Crippen molar-refractivity contribution in [3.8, 4) is 5.75 Å². The van der Waals surface area contributed by atoms with Gasteiger partial charge in [-0.25, -0.2) is 19.2 Å². The zero-order chi connectivity index (χ0) is 32.4. The number of carbonyl (C=O) groups excluding carboxylic acids is 1. The van der Waals surface area contributed by atoms with Crippen molar-refractivity contribution in [3.63, 3.8) is 0 Å². The van der Waals surface area contributed by atoms with E-state index in [-0.39, 0.29) is 17.5 Å². The number of imidazole rings is 1. The molecule has 0 atom stereocenters. The Kier molecular flexibility index (Phi) is 8.45. The monoisotopic (exact) mass is 645 g/mol. The Hall–Kier alpha value is -5.45. The lowest BCUT2D eigenvalue weighted by atomic mass is 10.2. The van der Waals surface area contributed by atoms with E-state index in [9.17, 15) is 30.8 Å². The van der Waals surface area contributed by atoms with Gasteiger partial charge < -0.3 is 29.0 Å². The lowest BCUT2D eigenvalue weighted by Crippen LogP contribution is -2.28. The zero-order valence-electron chi connectivity index (χ0n) is 23.4. The number of rotatable bonds is 10. The third kappa shape index (κ3) is 7.56. The molecule has 0 unspecified atom stereocenters. The largest absolute Gasteiger partial charge is 0.490 e.